The molecule has 1 saturated heterocycles. The number of likely N-dealkylation sites (N-methyl/N-ethyl adjacent to an activating group) is 1. The van der Waals surface area contributed by atoms with Gasteiger partial charge in [0.1, 0.15) is 18.1 Å². The SMILES string of the molecule is CCN1CCCC1CNC(=NCc1nnc(C)n1C)N(C)Cc1ccoc1C. The van der Waals surface area contributed by atoms with Gasteiger partial charge in [0.05, 0.1) is 6.26 Å². The van der Waals surface area contributed by atoms with Crippen molar-refractivity contribution in [2.75, 3.05) is 26.7 Å². The van der Waals surface area contributed by atoms with Crippen LogP contribution in [-0.2, 0) is 20.1 Å². The van der Waals surface area contributed by atoms with Gasteiger partial charge >= 0.3 is 0 Å². The van der Waals surface area contributed by atoms with Gasteiger partial charge in [-0.3, -0.25) is 4.90 Å². The van der Waals surface area contributed by atoms with Crippen molar-refractivity contribution in [1.82, 2.24) is 29.9 Å². The van der Waals surface area contributed by atoms with Crippen LogP contribution in [0.3, 0.4) is 0 Å². The molecule has 0 bridgehead atoms. The van der Waals surface area contributed by atoms with Gasteiger partial charge < -0.3 is 19.2 Å². The van der Waals surface area contributed by atoms with Crippen molar-refractivity contribution in [2.45, 2.75) is 52.7 Å². The van der Waals surface area contributed by atoms with Crippen LogP contribution in [0.15, 0.2) is 21.7 Å². The lowest BCUT2D eigenvalue weighted by molar-refractivity contribution is 0.265. The monoisotopic (exact) mass is 387 g/mol. The van der Waals surface area contributed by atoms with E-state index < -0.39 is 0 Å². The third kappa shape index (κ3) is 4.73. The fourth-order valence-corrected chi connectivity index (χ4v) is 3.70. The smallest absolute Gasteiger partial charge is 0.194 e. The Morgan fingerprint density at radius 3 is 2.86 bits per heavy atom. The topological polar surface area (TPSA) is 74.7 Å². The maximum atomic E-state index is 5.45. The summed E-state index contributed by atoms with van der Waals surface area (Å²) in [5, 5.41) is 12.0. The average Bonchev–Trinajstić information content (AvgIpc) is 3.38. The Morgan fingerprint density at radius 1 is 1.39 bits per heavy atom. The highest BCUT2D eigenvalue weighted by atomic mass is 16.3. The van der Waals surface area contributed by atoms with Gasteiger partial charge in [-0.05, 0) is 45.8 Å². The molecule has 1 aliphatic rings. The van der Waals surface area contributed by atoms with Gasteiger partial charge in [-0.15, -0.1) is 10.2 Å². The number of rotatable bonds is 7. The molecular weight excluding hydrogens is 354 g/mol. The molecule has 2 aromatic rings. The van der Waals surface area contributed by atoms with Crippen LogP contribution in [0.5, 0.6) is 0 Å². The summed E-state index contributed by atoms with van der Waals surface area (Å²) in [5.41, 5.74) is 1.17. The minimum absolute atomic E-state index is 0.497. The Kier molecular flexibility index (Phi) is 6.72. The second-order valence-corrected chi connectivity index (χ2v) is 7.53. The molecule has 8 heteroatoms. The quantitative estimate of drug-likeness (QED) is 0.579. The lowest BCUT2D eigenvalue weighted by atomic mass is 10.2. The van der Waals surface area contributed by atoms with E-state index in [0.29, 0.717) is 12.6 Å². The van der Waals surface area contributed by atoms with E-state index in [4.69, 9.17) is 9.41 Å². The number of guanidine groups is 1. The largest absolute Gasteiger partial charge is 0.469 e. The van der Waals surface area contributed by atoms with Crippen molar-refractivity contribution in [3.63, 3.8) is 0 Å². The summed E-state index contributed by atoms with van der Waals surface area (Å²) in [6, 6.07) is 2.59. The van der Waals surface area contributed by atoms with Gasteiger partial charge in [0.2, 0.25) is 0 Å². The Bertz CT molecular complexity index is 794. The van der Waals surface area contributed by atoms with Gasteiger partial charge in [-0.1, -0.05) is 6.92 Å². The number of furan rings is 1. The fourth-order valence-electron chi connectivity index (χ4n) is 3.70. The molecule has 0 aromatic carbocycles. The van der Waals surface area contributed by atoms with Crippen LogP contribution >= 0.6 is 0 Å². The van der Waals surface area contributed by atoms with Crippen LogP contribution in [0.2, 0.25) is 0 Å². The molecule has 2 aromatic heterocycles. The second-order valence-electron chi connectivity index (χ2n) is 7.53. The van der Waals surface area contributed by atoms with E-state index in [1.165, 1.54) is 24.9 Å². The molecule has 1 N–H and O–H groups in total. The van der Waals surface area contributed by atoms with Crippen LogP contribution < -0.4 is 5.32 Å². The number of likely N-dealkylation sites (tertiary alicyclic amines) is 1. The molecule has 0 spiro atoms. The van der Waals surface area contributed by atoms with Crippen LogP contribution in [0.1, 0.15) is 42.7 Å². The standard InChI is InChI=1S/C20H33N7O/c1-6-27-10-7-8-18(27)12-21-20(22-13-19-24-23-16(3)26(19)5)25(4)14-17-9-11-28-15(17)2/h9,11,18H,6-8,10,12-14H2,1-5H3,(H,21,22). The predicted molar refractivity (Wildman–Crippen MR) is 110 cm³/mol. The fraction of sp³-hybridized carbons (Fsp3) is 0.650. The van der Waals surface area contributed by atoms with Gasteiger partial charge in [0.25, 0.3) is 0 Å². The Labute approximate surface area is 167 Å². The molecule has 1 fully saturated rings. The van der Waals surface area contributed by atoms with Crippen molar-refractivity contribution in [2.24, 2.45) is 12.0 Å². The van der Waals surface area contributed by atoms with E-state index in [2.05, 4.69) is 39.3 Å². The number of hydrogen-bond donors (Lipinski definition) is 1. The van der Waals surface area contributed by atoms with Crippen molar-refractivity contribution in [3.8, 4) is 0 Å². The summed E-state index contributed by atoms with van der Waals surface area (Å²) >= 11 is 0. The summed E-state index contributed by atoms with van der Waals surface area (Å²) in [6.45, 7) is 10.6. The zero-order chi connectivity index (χ0) is 20.1. The molecule has 8 nitrogen and oxygen atoms in total. The van der Waals surface area contributed by atoms with E-state index >= 15 is 0 Å². The van der Waals surface area contributed by atoms with Crippen molar-refractivity contribution < 1.29 is 4.42 Å². The molecule has 0 amide bonds. The molecule has 1 aliphatic heterocycles. The van der Waals surface area contributed by atoms with Gasteiger partial charge in [0.15, 0.2) is 11.8 Å². The molecule has 154 valence electrons. The summed E-state index contributed by atoms with van der Waals surface area (Å²) < 4.78 is 7.43. The van der Waals surface area contributed by atoms with Crippen LogP contribution in [-0.4, -0.2) is 63.2 Å². The molecular formula is C20H33N7O. The van der Waals surface area contributed by atoms with Gasteiger partial charge in [-0.25, -0.2) is 4.99 Å². The molecule has 0 aliphatic carbocycles. The lowest BCUT2D eigenvalue weighted by Crippen LogP contribution is -2.45. The zero-order valence-corrected chi connectivity index (χ0v) is 17.8. The number of hydrogen-bond acceptors (Lipinski definition) is 5. The Morgan fingerprint density at radius 2 is 2.21 bits per heavy atom. The third-order valence-corrected chi connectivity index (χ3v) is 5.69. The van der Waals surface area contributed by atoms with E-state index in [1.54, 1.807) is 6.26 Å². The number of nitrogens with zero attached hydrogens (tertiary/aromatic N) is 6. The Hall–Kier alpha value is -2.35. The first kappa shape index (κ1) is 20.4. The van der Waals surface area contributed by atoms with E-state index in [-0.39, 0.29) is 0 Å². The normalized spacial score (nSPS) is 18.0. The lowest BCUT2D eigenvalue weighted by Gasteiger charge is -2.27. The maximum absolute atomic E-state index is 5.45. The Balaban J connectivity index is 1.71. The first-order valence-corrected chi connectivity index (χ1v) is 10.1. The third-order valence-electron chi connectivity index (χ3n) is 5.69. The van der Waals surface area contributed by atoms with Gasteiger partial charge in [-0.2, -0.15) is 0 Å². The van der Waals surface area contributed by atoms with Crippen LogP contribution in [0, 0.1) is 13.8 Å². The van der Waals surface area contributed by atoms with Crippen molar-refractivity contribution in [1.29, 1.82) is 0 Å². The minimum atomic E-state index is 0.497. The number of nitrogens with one attached hydrogen (secondary N) is 1. The molecule has 1 atom stereocenters. The second kappa shape index (κ2) is 9.23. The number of aromatic nitrogens is 3. The number of aryl methyl sites for hydroxylation is 2. The molecule has 0 saturated carbocycles. The van der Waals surface area contributed by atoms with E-state index in [0.717, 1.165) is 43.0 Å². The van der Waals surface area contributed by atoms with Crippen molar-refractivity contribution in [3.05, 3.63) is 35.3 Å². The predicted octanol–water partition coefficient (Wildman–Crippen LogP) is 2.09. The molecule has 28 heavy (non-hydrogen) atoms. The summed E-state index contributed by atoms with van der Waals surface area (Å²) in [7, 11) is 4.04. The minimum Gasteiger partial charge on any atom is -0.469 e. The molecule has 0 radical (unpaired) electrons. The summed E-state index contributed by atoms with van der Waals surface area (Å²) in [6.07, 6.45) is 4.25. The maximum Gasteiger partial charge on any atom is 0.194 e. The van der Waals surface area contributed by atoms with E-state index in [9.17, 15) is 0 Å². The van der Waals surface area contributed by atoms with Gasteiger partial charge in [0, 0.05) is 38.8 Å². The average molecular weight is 388 g/mol. The van der Waals surface area contributed by atoms with E-state index in [1.807, 2.05) is 31.5 Å². The van der Waals surface area contributed by atoms with Crippen LogP contribution in [0.4, 0.5) is 0 Å². The molecule has 3 rings (SSSR count). The highest BCUT2D eigenvalue weighted by molar-refractivity contribution is 5.79. The molecule has 1 unspecified atom stereocenters. The summed E-state index contributed by atoms with van der Waals surface area (Å²) in [5.74, 6) is 3.58. The summed E-state index contributed by atoms with van der Waals surface area (Å²) in [4.78, 5) is 9.53. The zero-order valence-electron chi connectivity index (χ0n) is 17.8. The van der Waals surface area contributed by atoms with Crippen molar-refractivity contribution >= 4 is 5.96 Å². The molecule has 3 heterocycles. The first-order valence-electron chi connectivity index (χ1n) is 10.1. The first-order chi connectivity index (χ1) is 13.5. The number of aliphatic imine (C=N–C) groups is 1. The van der Waals surface area contributed by atoms with Crippen LogP contribution in [0.25, 0.3) is 0 Å². The highest BCUT2D eigenvalue weighted by Crippen LogP contribution is 2.16. The highest BCUT2D eigenvalue weighted by Gasteiger charge is 2.23.